The van der Waals surface area contributed by atoms with Crippen LogP contribution in [0, 0.1) is 0 Å². The molecule has 0 atom stereocenters. The molecular formula is C6H11N3OS. The largest absolute Gasteiger partial charge is 0.395 e. The molecule has 0 aromatic carbocycles. The number of aliphatic hydroxyl groups excluding tert-OH is 1. The predicted molar refractivity (Wildman–Crippen MR) is 45.3 cm³/mol. The van der Waals surface area contributed by atoms with Crippen LogP contribution < -0.4 is 11.1 Å². The number of aromatic nitrogens is 1. The van der Waals surface area contributed by atoms with Crippen molar-refractivity contribution in [2.45, 2.75) is 6.54 Å². The molecule has 0 aliphatic heterocycles. The van der Waals surface area contributed by atoms with Crippen molar-refractivity contribution < 1.29 is 5.11 Å². The van der Waals surface area contributed by atoms with Crippen molar-refractivity contribution in [3.63, 3.8) is 0 Å². The second kappa shape index (κ2) is 4.27. The Morgan fingerprint density at radius 1 is 1.73 bits per heavy atom. The van der Waals surface area contributed by atoms with Crippen molar-refractivity contribution in [1.29, 1.82) is 0 Å². The first-order valence-corrected chi connectivity index (χ1v) is 4.16. The van der Waals surface area contributed by atoms with Crippen molar-refractivity contribution in [3.05, 3.63) is 11.2 Å². The summed E-state index contributed by atoms with van der Waals surface area (Å²) in [7, 11) is 0. The van der Waals surface area contributed by atoms with E-state index in [0.29, 0.717) is 13.1 Å². The molecule has 0 amide bonds. The number of hydrogen-bond donors (Lipinski definition) is 3. The van der Waals surface area contributed by atoms with Crippen LogP contribution in [0.25, 0.3) is 0 Å². The molecule has 0 aliphatic carbocycles. The zero-order chi connectivity index (χ0) is 8.10. The van der Waals surface area contributed by atoms with E-state index in [-0.39, 0.29) is 6.61 Å². The quantitative estimate of drug-likeness (QED) is 0.552. The van der Waals surface area contributed by atoms with Gasteiger partial charge in [-0.15, -0.1) is 11.3 Å². The summed E-state index contributed by atoms with van der Waals surface area (Å²) in [6.07, 6.45) is 1.64. The second-order valence-corrected chi connectivity index (χ2v) is 3.20. The first kappa shape index (κ1) is 8.45. The average Bonchev–Trinajstić information content (AvgIpc) is 2.37. The number of aliphatic hydroxyl groups is 1. The normalized spacial score (nSPS) is 10.3. The molecule has 5 heteroatoms. The number of nitrogens with two attached hydrogens (primary N) is 1. The predicted octanol–water partition coefficient (Wildman–Crippen LogP) is -0.193. The molecule has 1 heterocycles. The highest BCUT2D eigenvalue weighted by atomic mass is 32.1. The van der Waals surface area contributed by atoms with E-state index in [0.717, 1.165) is 10.0 Å². The molecule has 4 N–H and O–H groups in total. The van der Waals surface area contributed by atoms with Gasteiger partial charge in [0.15, 0.2) is 0 Å². The second-order valence-electron chi connectivity index (χ2n) is 2.06. The van der Waals surface area contributed by atoms with Crippen molar-refractivity contribution in [1.82, 2.24) is 10.3 Å². The summed E-state index contributed by atoms with van der Waals surface area (Å²) in [6, 6.07) is 0. The number of nitrogens with zero attached hydrogens (tertiary/aromatic N) is 1. The lowest BCUT2D eigenvalue weighted by atomic mass is 10.6. The molecule has 0 spiro atoms. The zero-order valence-electron chi connectivity index (χ0n) is 6.08. The van der Waals surface area contributed by atoms with E-state index in [2.05, 4.69) is 10.3 Å². The van der Waals surface area contributed by atoms with E-state index in [1.54, 1.807) is 6.20 Å². The minimum absolute atomic E-state index is 0.154. The molecule has 62 valence electrons. The summed E-state index contributed by atoms with van der Waals surface area (Å²) < 4.78 is 0. The van der Waals surface area contributed by atoms with Crippen LogP contribution in [0.3, 0.4) is 0 Å². The van der Waals surface area contributed by atoms with Crippen LogP contribution in [0.5, 0.6) is 0 Å². The fraction of sp³-hybridized carbons (Fsp3) is 0.500. The Bertz CT molecular complexity index is 213. The van der Waals surface area contributed by atoms with Gasteiger partial charge in [-0.2, -0.15) is 0 Å². The fourth-order valence-corrected chi connectivity index (χ4v) is 1.34. The van der Waals surface area contributed by atoms with E-state index < -0.39 is 0 Å². The maximum Gasteiger partial charge on any atom is 0.108 e. The molecule has 1 aromatic heterocycles. The van der Waals surface area contributed by atoms with Gasteiger partial charge in [-0.05, 0) is 0 Å². The van der Waals surface area contributed by atoms with E-state index in [4.69, 9.17) is 10.8 Å². The molecule has 0 aliphatic rings. The molecule has 1 rings (SSSR count). The van der Waals surface area contributed by atoms with Gasteiger partial charge in [0.2, 0.25) is 0 Å². The standard InChI is InChI=1S/C6H11N3OS/c7-5-3-9-6(11-5)4-8-1-2-10/h3,8,10H,1-2,4,7H2. The Labute approximate surface area is 69.1 Å². The topological polar surface area (TPSA) is 71.2 Å². The number of thiazole rings is 1. The summed E-state index contributed by atoms with van der Waals surface area (Å²) in [6.45, 7) is 1.43. The third kappa shape index (κ3) is 2.83. The highest BCUT2D eigenvalue weighted by molar-refractivity contribution is 7.15. The lowest BCUT2D eigenvalue weighted by Gasteiger charge is -1.96. The van der Waals surface area contributed by atoms with E-state index in [9.17, 15) is 0 Å². The molecule has 0 saturated carbocycles. The van der Waals surface area contributed by atoms with Crippen LogP contribution in [-0.2, 0) is 6.54 Å². The molecule has 11 heavy (non-hydrogen) atoms. The Morgan fingerprint density at radius 3 is 3.09 bits per heavy atom. The molecule has 0 bridgehead atoms. The maximum absolute atomic E-state index is 8.45. The summed E-state index contributed by atoms with van der Waals surface area (Å²) in [5.41, 5.74) is 5.46. The van der Waals surface area contributed by atoms with Gasteiger partial charge in [-0.25, -0.2) is 4.98 Å². The Balaban J connectivity index is 2.27. The van der Waals surface area contributed by atoms with Crippen molar-refractivity contribution in [3.8, 4) is 0 Å². The third-order valence-electron chi connectivity index (χ3n) is 1.14. The minimum Gasteiger partial charge on any atom is -0.395 e. The van der Waals surface area contributed by atoms with Crippen molar-refractivity contribution in [2.24, 2.45) is 0 Å². The van der Waals surface area contributed by atoms with Crippen LogP contribution in [0.15, 0.2) is 6.20 Å². The van der Waals surface area contributed by atoms with E-state index in [1.165, 1.54) is 11.3 Å². The van der Waals surface area contributed by atoms with Gasteiger partial charge in [0, 0.05) is 13.1 Å². The van der Waals surface area contributed by atoms with Gasteiger partial charge < -0.3 is 16.2 Å². The van der Waals surface area contributed by atoms with Gasteiger partial charge in [0.1, 0.15) is 10.0 Å². The van der Waals surface area contributed by atoms with E-state index >= 15 is 0 Å². The van der Waals surface area contributed by atoms with Crippen molar-refractivity contribution in [2.75, 3.05) is 18.9 Å². The molecule has 0 unspecified atom stereocenters. The average molecular weight is 173 g/mol. The molecule has 0 radical (unpaired) electrons. The van der Waals surface area contributed by atoms with Crippen LogP contribution >= 0.6 is 11.3 Å². The summed E-state index contributed by atoms with van der Waals surface area (Å²) >= 11 is 1.46. The highest BCUT2D eigenvalue weighted by Crippen LogP contribution is 2.13. The zero-order valence-corrected chi connectivity index (χ0v) is 6.90. The Kier molecular flexibility index (Phi) is 3.28. The monoisotopic (exact) mass is 173 g/mol. The summed E-state index contributed by atoms with van der Waals surface area (Å²) in [4.78, 5) is 4.04. The number of nitrogens with one attached hydrogen (secondary N) is 1. The summed E-state index contributed by atoms with van der Waals surface area (Å²) in [5, 5.41) is 13.1. The fourth-order valence-electron chi connectivity index (χ4n) is 0.680. The SMILES string of the molecule is Nc1cnc(CNCCO)s1. The lowest BCUT2D eigenvalue weighted by Crippen LogP contribution is -2.17. The highest BCUT2D eigenvalue weighted by Gasteiger charge is 1.96. The minimum atomic E-state index is 0.154. The number of hydrogen-bond acceptors (Lipinski definition) is 5. The molecule has 0 saturated heterocycles. The van der Waals surface area contributed by atoms with Crippen molar-refractivity contribution >= 4 is 16.3 Å². The van der Waals surface area contributed by atoms with Gasteiger partial charge in [-0.1, -0.05) is 0 Å². The van der Waals surface area contributed by atoms with Crippen LogP contribution in [0.2, 0.25) is 0 Å². The smallest absolute Gasteiger partial charge is 0.108 e. The van der Waals surface area contributed by atoms with Gasteiger partial charge >= 0.3 is 0 Å². The number of nitrogen functional groups attached to an aromatic ring is 1. The first-order chi connectivity index (χ1) is 5.33. The number of rotatable bonds is 4. The maximum atomic E-state index is 8.45. The third-order valence-corrected chi connectivity index (χ3v) is 1.96. The van der Waals surface area contributed by atoms with Crippen LogP contribution in [0.4, 0.5) is 5.00 Å². The molecule has 0 fully saturated rings. The van der Waals surface area contributed by atoms with Gasteiger partial charge in [-0.3, -0.25) is 0 Å². The Morgan fingerprint density at radius 2 is 2.55 bits per heavy atom. The first-order valence-electron chi connectivity index (χ1n) is 3.34. The molecule has 4 nitrogen and oxygen atoms in total. The molecular weight excluding hydrogens is 162 g/mol. The van der Waals surface area contributed by atoms with Gasteiger partial charge in [0.25, 0.3) is 0 Å². The molecule has 1 aromatic rings. The Hall–Kier alpha value is -0.650. The lowest BCUT2D eigenvalue weighted by molar-refractivity contribution is 0.292. The van der Waals surface area contributed by atoms with Crippen LogP contribution in [-0.4, -0.2) is 23.2 Å². The number of anilines is 1. The van der Waals surface area contributed by atoms with E-state index in [1.807, 2.05) is 0 Å². The van der Waals surface area contributed by atoms with Crippen LogP contribution in [0.1, 0.15) is 5.01 Å². The van der Waals surface area contributed by atoms with Gasteiger partial charge in [0.05, 0.1) is 12.8 Å². The summed E-state index contributed by atoms with van der Waals surface area (Å²) in [5.74, 6) is 0.